The number of cyclic esters (lactones) is 1. The zero-order chi connectivity index (χ0) is 19.7. The number of carbonyl (C=O) groups is 1. The van der Waals surface area contributed by atoms with E-state index in [9.17, 15) is 15.2 Å². The molecule has 4 nitrogen and oxygen atoms in total. The Morgan fingerprint density at radius 2 is 2.00 bits per heavy atom. The van der Waals surface area contributed by atoms with Gasteiger partial charge in [-0.15, -0.1) is 0 Å². The highest BCUT2D eigenvalue weighted by atomic mass is 16.5. The number of carbonyl (C=O) groups excluding carboxylic acids is 1. The van der Waals surface area contributed by atoms with Gasteiger partial charge in [-0.3, -0.25) is 0 Å². The Hall–Kier alpha value is -1.60. The van der Waals surface area contributed by atoms with E-state index in [0.29, 0.717) is 30.3 Å². The minimum Gasteiger partial charge on any atom is -0.457 e. The minimum absolute atomic E-state index is 0.156. The molecule has 0 aromatic heterocycles. The van der Waals surface area contributed by atoms with E-state index < -0.39 is 5.97 Å². The van der Waals surface area contributed by atoms with Crippen molar-refractivity contribution >= 4 is 5.97 Å². The van der Waals surface area contributed by atoms with Crippen molar-refractivity contribution in [2.45, 2.75) is 71.3 Å². The predicted octanol–water partition coefficient (Wildman–Crippen LogP) is 4.30. The van der Waals surface area contributed by atoms with E-state index in [-0.39, 0.29) is 22.5 Å². The summed E-state index contributed by atoms with van der Waals surface area (Å²) in [6, 6.07) is 2.13. The van der Waals surface area contributed by atoms with Gasteiger partial charge < -0.3 is 9.84 Å². The third-order valence-electron chi connectivity index (χ3n) is 9.49. The lowest BCUT2D eigenvalue weighted by Gasteiger charge is -2.58. The van der Waals surface area contributed by atoms with Gasteiger partial charge in [-0.05, 0) is 91.4 Å². The maximum Gasteiger partial charge on any atom is 0.349 e. The molecule has 0 amide bonds. The van der Waals surface area contributed by atoms with Gasteiger partial charge in [0.05, 0.1) is 6.10 Å². The largest absolute Gasteiger partial charge is 0.457 e. The van der Waals surface area contributed by atoms with Crippen LogP contribution in [0.4, 0.5) is 0 Å². The highest BCUT2D eigenvalue weighted by Crippen LogP contribution is 2.67. The van der Waals surface area contributed by atoms with Crippen LogP contribution in [0.3, 0.4) is 0 Å². The van der Waals surface area contributed by atoms with Gasteiger partial charge in [-0.1, -0.05) is 25.5 Å². The number of rotatable bonds is 1. The van der Waals surface area contributed by atoms with Crippen molar-refractivity contribution < 1.29 is 14.6 Å². The maximum atomic E-state index is 12.0. The topological polar surface area (TPSA) is 70.3 Å². The molecule has 1 aliphatic heterocycles. The third-order valence-corrected chi connectivity index (χ3v) is 9.49. The zero-order valence-corrected chi connectivity index (χ0v) is 17.0. The van der Waals surface area contributed by atoms with Crippen molar-refractivity contribution in [3.05, 3.63) is 22.8 Å². The summed E-state index contributed by atoms with van der Waals surface area (Å²) in [6.07, 6.45) is 11.0. The van der Waals surface area contributed by atoms with Crippen molar-refractivity contribution in [1.82, 2.24) is 0 Å². The molecule has 150 valence electrons. The molecule has 0 saturated heterocycles. The number of fused-ring (bicyclic) bond motifs is 5. The zero-order valence-electron chi connectivity index (χ0n) is 17.0. The summed E-state index contributed by atoms with van der Waals surface area (Å²) < 4.78 is 5.24. The van der Waals surface area contributed by atoms with Crippen LogP contribution in [-0.4, -0.2) is 23.8 Å². The minimum atomic E-state index is -0.420. The second kappa shape index (κ2) is 6.20. The second-order valence-electron chi connectivity index (χ2n) is 10.4. The molecule has 0 aromatic rings. The molecule has 0 radical (unpaired) electrons. The first-order valence-corrected chi connectivity index (χ1v) is 11.1. The van der Waals surface area contributed by atoms with Crippen LogP contribution in [-0.2, 0) is 9.53 Å². The number of aliphatic hydroxyl groups excluding tert-OH is 1. The molecule has 3 saturated carbocycles. The quantitative estimate of drug-likeness (QED) is 0.543. The summed E-state index contributed by atoms with van der Waals surface area (Å²) in [6.45, 7) is 5.20. The maximum absolute atomic E-state index is 12.0. The summed E-state index contributed by atoms with van der Waals surface area (Å²) in [4.78, 5) is 12.0. The van der Waals surface area contributed by atoms with Gasteiger partial charge in [-0.2, -0.15) is 5.26 Å². The normalized spacial score (nSPS) is 47.6. The van der Waals surface area contributed by atoms with Crippen molar-refractivity contribution in [3.8, 4) is 6.07 Å². The highest BCUT2D eigenvalue weighted by Gasteiger charge is 2.59. The molecule has 1 heterocycles. The summed E-state index contributed by atoms with van der Waals surface area (Å²) in [5, 5.41) is 19.6. The van der Waals surface area contributed by atoms with Crippen LogP contribution in [0.15, 0.2) is 22.8 Å². The van der Waals surface area contributed by atoms with E-state index in [4.69, 9.17) is 4.74 Å². The van der Waals surface area contributed by atoms with E-state index in [0.717, 1.165) is 37.7 Å². The van der Waals surface area contributed by atoms with E-state index in [1.165, 1.54) is 24.8 Å². The van der Waals surface area contributed by atoms with Crippen LogP contribution in [0.5, 0.6) is 0 Å². The van der Waals surface area contributed by atoms with Gasteiger partial charge in [0, 0.05) is 0 Å². The lowest BCUT2D eigenvalue weighted by molar-refractivity contribution is -0.135. The predicted molar refractivity (Wildman–Crippen MR) is 105 cm³/mol. The molecule has 0 unspecified atom stereocenters. The fraction of sp³-hybridized carbons (Fsp3) is 0.750. The molecule has 7 atom stereocenters. The van der Waals surface area contributed by atoms with Gasteiger partial charge in [0.2, 0.25) is 0 Å². The van der Waals surface area contributed by atoms with E-state index in [2.05, 4.69) is 26.0 Å². The molecular weight excluding hydrogens is 350 g/mol. The van der Waals surface area contributed by atoms with Crippen LogP contribution in [0.2, 0.25) is 0 Å². The van der Waals surface area contributed by atoms with Gasteiger partial charge in [-0.25, -0.2) is 4.79 Å². The lowest BCUT2D eigenvalue weighted by atomic mass is 9.47. The summed E-state index contributed by atoms with van der Waals surface area (Å²) in [5.41, 5.74) is 3.20. The highest BCUT2D eigenvalue weighted by molar-refractivity contribution is 5.96. The lowest BCUT2D eigenvalue weighted by Crippen LogP contribution is -2.50. The average molecular weight is 382 g/mol. The fourth-order valence-corrected chi connectivity index (χ4v) is 8.03. The number of nitrogens with zero attached hydrogens (tertiary/aromatic N) is 1. The summed E-state index contributed by atoms with van der Waals surface area (Å²) in [5.74, 6) is 1.95. The van der Waals surface area contributed by atoms with Gasteiger partial charge in [0.25, 0.3) is 0 Å². The van der Waals surface area contributed by atoms with Gasteiger partial charge in [0.1, 0.15) is 18.2 Å². The van der Waals surface area contributed by atoms with Crippen LogP contribution in [0.25, 0.3) is 0 Å². The van der Waals surface area contributed by atoms with Gasteiger partial charge in [0.15, 0.2) is 0 Å². The van der Waals surface area contributed by atoms with Crippen LogP contribution in [0, 0.1) is 45.8 Å². The molecule has 0 aromatic carbocycles. The Bertz CT molecular complexity index is 820. The number of allylic oxidation sites excluding steroid dienone is 1. The first-order valence-electron chi connectivity index (χ1n) is 11.1. The average Bonchev–Trinajstić information content (AvgIpc) is 3.21. The smallest absolute Gasteiger partial charge is 0.349 e. The number of hydrogen-bond acceptors (Lipinski definition) is 4. The number of hydrogen-bond donors (Lipinski definition) is 1. The van der Waals surface area contributed by atoms with Crippen LogP contribution >= 0.6 is 0 Å². The Balaban J connectivity index is 1.47. The SMILES string of the molecule is C[C@]12CC[C@H]3[C@@H](CC=C4C[C@@H](O)CC[C@@]43C)[C@@H]1CC[C@@H]2C1=C(C#N)C(=O)OC1. The molecular formula is C24H31NO3. The van der Waals surface area contributed by atoms with E-state index in [1.807, 2.05) is 0 Å². The van der Waals surface area contributed by atoms with E-state index in [1.54, 1.807) is 0 Å². The first kappa shape index (κ1) is 18.4. The molecule has 0 bridgehead atoms. The Labute approximate surface area is 167 Å². The van der Waals surface area contributed by atoms with E-state index >= 15 is 0 Å². The molecule has 4 heteroatoms. The van der Waals surface area contributed by atoms with Gasteiger partial charge >= 0.3 is 5.97 Å². The molecule has 1 N–H and O–H groups in total. The molecule has 5 aliphatic rings. The third kappa shape index (κ3) is 2.35. The Kier molecular flexibility index (Phi) is 4.08. The fourth-order valence-electron chi connectivity index (χ4n) is 8.03. The van der Waals surface area contributed by atoms with Crippen molar-refractivity contribution in [2.75, 3.05) is 6.61 Å². The molecule has 0 spiro atoms. The Morgan fingerprint density at radius 3 is 2.79 bits per heavy atom. The number of nitriles is 1. The van der Waals surface area contributed by atoms with Crippen molar-refractivity contribution in [3.63, 3.8) is 0 Å². The second-order valence-corrected chi connectivity index (χ2v) is 10.4. The molecule has 3 fully saturated rings. The monoisotopic (exact) mass is 381 g/mol. The van der Waals surface area contributed by atoms with Crippen LogP contribution < -0.4 is 0 Å². The Morgan fingerprint density at radius 1 is 1.18 bits per heavy atom. The van der Waals surface area contributed by atoms with Crippen LogP contribution in [0.1, 0.15) is 65.2 Å². The summed E-state index contributed by atoms with van der Waals surface area (Å²) >= 11 is 0. The summed E-state index contributed by atoms with van der Waals surface area (Å²) in [7, 11) is 0. The number of ether oxygens (including phenoxy) is 1. The number of esters is 1. The molecule has 4 aliphatic carbocycles. The standard InChI is InChI=1S/C24H31NO3/c1-23-9-7-15(26)11-14(23)3-4-16-19-5-6-20(24(19,2)10-8-21(16)23)18-13-28-22(27)17(18)12-25/h3,15-16,19-21,26H,4-11,13H2,1-2H3/t15-,16-,19-,20+,21-,23-,24-/m0/s1. The molecule has 28 heavy (non-hydrogen) atoms. The number of aliphatic hydroxyl groups is 1. The van der Waals surface area contributed by atoms with Crippen molar-refractivity contribution in [1.29, 1.82) is 5.26 Å². The first-order chi connectivity index (χ1) is 13.4. The van der Waals surface area contributed by atoms with Crippen molar-refractivity contribution in [2.24, 2.45) is 34.5 Å². The molecule has 5 rings (SSSR count).